The van der Waals surface area contributed by atoms with E-state index in [0.717, 1.165) is 5.56 Å². The number of alkyl halides is 1. The molecule has 1 atom stereocenters. The quantitative estimate of drug-likeness (QED) is 0.755. The molecular weight excluding hydrogens is 173 g/mol. The third-order valence-corrected chi connectivity index (χ3v) is 1.48. The largest absolute Gasteiger partial charge is 0.461 e. The molecule has 0 saturated carbocycles. The van der Waals surface area contributed by atoms with Gasteiger partial charge in [-0.15, -0.1) is 0 Å². The molecule has 5 heteroatoms. The van der Waals surface area contributed by atoms with Crippen LogP contribution in [0.15, 0.2) is 12.4 Å². The zero-order valence-electron chi connectivity index (χ0n) is 7.40. The molecule has 0 aliphatic heterocycles. The fraction of sp³-hybridized carbons (Fsp3) is 0.500. The molecule has 0 saturated heterocycles. The Hall–Kier alpha value is -1.23. The Kier molecular flexibility index (Phi) is 3.57. The van der Waals surface area contributed by atoms with E-state index in [0.29, 0.717) is 0 Å². The van der Waals surface area contributed by atoms with Gasteiger partial charge in [0.1, 0.15) is 13.3 Å². The SMILES string of the molecule is CC(N)c1cnc(OCCF)nc1. The first-order chi connectivity index (χ1) is 6.24. The van der Waals surface area contributed by atoms with Crippen LogP contribution in [0.4, 0.5) is 4.39 Å². The van der Waals surface area contributed by atoms with Crippen molar-refractivity contribution >= 4 is 0 Å². The van der Waals surface area contributed by atoms with Crippen molar-refractivity contribution in [3.8, 4) is 6.01 Å². The van der Waals surface area contributed by atoms with E-state index in [2.05, 4.69) is 9.97 Å². The van der Waals surface area contributed by atoms with Gasteiger partial charge in [0.2, 0.25) is 0 Å². The molecule has 1 rings (SSSR count). The van der Waals surface area contributed by atoms with Crippen molar-refractivity contribution in [2.45, 2.75) is 13.0 Å². The number of rotatable bonds is 4. The van der Waals surface area contributed by atoms with E-state index in [1.807, 2.05) is 6.92 Å². The topological polar surface area (TPSA) is 61.0 Å². The van der Waals surface area contributed by atoms with Gasteiger partial charge in [0, 0.05) is 24.0 Å². The van der Waals surface area contributed by atoms with Crippen molar-refractivity contribution in [1.82, 2.24) is 9.97 Å². The van der Waals surface area contributed by atoms with Crippen molar-refractivity contribution < 1.29 is 9.13 Å². The van der Waals surface area contributed by atoms with Gasteiger partial charge in [0.25, 0.3) is 0 Å². The van der Waals surface area contributed by atoms with Crippen LogP contribution >= 0.6 is 0 Å². The van der Waals surface area contributed by atoms with Gasteiger partial charge in [-0.3, -0.25) is 0 Å². The van der Waals surface area contributed by atoms with Crippen LogP contribution in [0.5, 0.6) is 6.01 Å². The summed E-state index contributed by atoms with van der Waals surface area (Å²) in [6, 6.07) is 0.0808. The predicted molar refractivity (Wildman–Crippen MR) is 46.1 cm³/mol. The van der Waals surface area contributed by atoms with Crippen LogP contribution in [-0.2, 0) is 0 Å². The Morgan fingerprint density at radius 2 is 2.15 bits per heavy atom. The number of hydrogen-bond donors (Lipinski definition) is 1. The minimum absolute atomic E-state index is 0.0163. The molecular formula is C8H12FN3O. The number of halogens is 1. The summed E-state index contributed by atoms with van der Waals surface area (Å²) in [4.78, 5) is 7.71. The number of ether oxygens (including phenoxy) is 1. The predicted octanol–water partition coefficient (Wildman–Crippen LogP) is 0.845. The third-order valence-electron chi connectivity index (χ3n) is 1.48. The molecule has 72 valence electrons. The minimum atomic E-state index is -0.543. The number of nitrogens with zero attached hydrogens (tertiary/aromatic N) is 2. The smallest absolute Gasteiger partial charge is 0.316 e. The molecule has 0 spiro atoms. The fourth-order valence-corrected chi connectivity index (χ4v) is 0.766. The monoisotopic (exact) mass is 185 g/mol. The standard InChI is InChI=1S/C8H12FN3O/c1-6(10)7-4-11-8(12-5-7)13-3-2-9/h4-6H,2-3,10H2,1H3. The van der Waals surface area contributed by atoms with E-state index in [-0.39, 0.29) is 18.7 Å². The number of nitrogens with two attached hydrogens (primary N) is 1. The molecule has 0 amide bonds. The molecule has 2 N–H and O–H groups in total. The van der Waals surface area contributed by atoms with Gasteiger partial charge in [-0.25, -0.2) is 14.4 Å². The lowest BCUT2D eigenvalue weighted by Gasteiger charge is -2.05. The lowest BCUT2D eigenvalue weighted by atomic mass is 10.2. The van der Waals surface area contributed by atoms with Crippen LogP contribution in [0.3, 0.4) is 0 Å². The van der Waals surface area contributed by atoms with Crippen LogP contribution in [0, 0.1) is 0 Å². The molecule has 0 aliphatic rings. The molecule has 0 aliphatic carbocycles. The summed E-state index contributed by atoms with van der Waals surface area (Å²) >= 11 is 0. The van der Waals surface area contributed by atoms with E-state index in [1.54, 1.807) is 12.4 Å². The van der Waals surface area contributed by atoms with E-state index < -0.39 is 6.67 Å². The molecule has 0 bridgehead atoms. The number of aromatic nitrogens is 2. The van der Waals surface area contributed by atoms with Crippen LogP contribution in [0.25, 0.3) is 0 Å². The molecule has 13 heavy (non-hydrogen) atoms. The van der Waals surface area contributed by atoms with E-state index in [9.17, 15) is 4.39 Å². The summed E-state index contributed by atoms with van der Waals surface area (Å²) in [6.45, 7) is 1.27. The van der Waals surface area contributed by atoms with E-state index in [1.165, 1.54) is 0 Å². The molecule has 1 unspecified atom stereocenters. The Labute approximate surface area is 75.9 Å². The molecule has 0 fully saturated rings. The van der Waals surface area contributed by atoms with Crippen molar-refractivity contribution in [3.63, 3.8) is 0 Å². The maximum absolute atomic E-state index is 11.7. The van der Waals surface area contributed by atoms with Crippen molar-refractivity contribution in [3.05, 3.63) is 18.0 Å². The van der Waals surface area contributed by atoms with Crippen molar-refractivity contribution in [2.75, 3.05) is 13.3 Å². The second-order valence-electron chi connectivity index (χ2n) is 2.63. The van der Waals surface area contributed by atoms with Gasteiger partial charge < -0.3 is 10.5 Å². The molecule has 0 aromatic carbocycles. The van der Waals surface area contributed by atoms with Gasteiger partial charge in [0.15, 0.2) is 0 Å². The Morgan fingerprint density at radius 3 is 2.62 bits per heavy atom. The second-order valence-corrected chi connectivity index (χ2v) is 2.63. The lowest BCUT2D eigenvalue weighted by molar-refractivity contribution is 0.254. The highest BCUT2D eigenvalue weighted by molar-refractivity contribution is 5.10. The minimum Gasteiger partial charge on any atom is -0.461 e. The maximum atomic E-state index is 11.7. The van der Waals surface area contributed by atoms with Crippen LogP contribution in [-0.4, -0.2) is 23.2 Å². The Bertz CT molecular complexity index is 250. The summed E-state index contributed by atoms with van der Waals surface area (Å²) in [5.74, 6) is 0. The molecule has 1 heterocycles. The molecule has 0 radical (unpaired) electrons. The fourth-order valence-electron chi connectivity index (χ4n) is 0.766. The van der Waals surface area contributed by atoms with Gasteiger partial charge in [-0.05, 0) is 6.92 Å². The lowest BCUT2D eigenvalue weighted by Crippen LogP contribution is -2.07. The summed E-state index contributed by atoms with van der Waals surface area (Å²) in [5.41, 5.74) is 6.41. The molecule has 4 nitrogen and oxygen atoms in total. The van der Waals surface area contributed by atoms with E-state index >= 15 is 0 Å². The summed E-state index contributed by atoms with van der Waals surface area (Å²) < 4.78 is 16.5. The first-order valence-corrected chi connectivity index (χ1v) is 4.00. The van der Waals surface area contributed by atoms with Crippen LogP contribution < -0.4 is 10.5 Å². The highest BCUT2D eigenvalue weighted by Crippen LogP contribution is 2.08. The zero-order chi connectivity index (χ0) is 9.68. The van der Waals surface area contributed by atoms with Crippen LogP contribution in [0.2, 0.25) is 0 Å². The van der Waals surface area contributed by atoms with Crippen molar-refractivity contribution in [1.29, 1.82) is 0 Å². The zero-order valence-corrected chi connectivity index (χ0v) is 7.40. The highest BCUT2D eigenvalue weighted by Gasteiger charge is 2.01. The summed E-state index contributed by atoms with van der Waals surface area (Å²) in [5, 5.41) is 0. The van der Waals surface area contributed by atoms with E-state index in [4.69, 9.17) is 10.5 Å². The van der Waals surface area contributed by atoms with Crippen molar-refractivity contribution in [2.24, 2.45) is 5.73 Å². The second kappa shape index (κ2) is 4.71. The molecule has 1 aromatic rings. The molecule has 1 aromatic heterocycles. The Morgan fingerprint density at radius 1 is 1.54 bits per heavy atom. The summed E-state index contributed by atoms with van der Waals surface area (Å²) in [7, 11) is 0. The first-order valence-electron chi connectivity index (χ1n) is 4.00. The van der Waals surface area contributed by atoms with Crippen LogP contribution in [0.1, 0.15) is 18.5 Å². The number of hydrogen-bond acceptors (Lipinski definition) is 4. The van der Waals surface area contributed by atoms with Gasteiger partial charge >= 0.3 is 6.01 Å². The highest BCUT2D eigenvalue weighted by atomic mass is 19.1. The Balaban J connectivity index is 2.59. The maximum Gasteiger partial charge on any atom is 0.316 e. The average Bonchev–Trinajstić information content (AvgIpc) is 2.15. The first kappa shape index (κ1) is 9.85. The average molecular weight is 185 g/mol. The normalized spacial score (nSPS) is 12.5. The van der Waals surface area contributed by atoms with Gasteiger partial charge in [-0.2, -0.15) is 0 Å². The van der Waals surface area contributed by atoms with Gasteiger partial charge in [-0.1, -0.05) is 0 Å². The third kappa shape index (κ3) is 2.95. The summed E-state index contributed by atoms with van der Waals surface area (Å²) in [6.07, 6.45) is 3.15. The van der Waals surface area contributed by atoms with Gasteiger partial charge in [0.05, 0.1) is 0 Å².